The average molecular weight is 228 g/mol. The smallest absolute Gasteiger partial charge is 0.219 e. The molecule has 1 atom stereocenters. The van der Waals surface area contributed by atoms with E-state index in [1.165, 1.54) is 5.39 Å². The Hall–Kier alpha value is -1.87. The van der Waals surface area contributed by atoms with Crippen LogP contribution in [0.25, 0.3) is 10.8 Å². The Bertz CT molecular complexity index is 531. The lowest BCUT2D eigenvalue weighted by Gasteiger charge is -2.17. The molecule has 0 saturated heterocycles. The summed E-state index contributed by atoms with van der Waals surface area (Å²) in [5.41, 5.74) is 6.39. The van der Waals surface area contributed by atoms with E-state index in [2.05, 4.69) is 23.5 Å². The van der Waals surface area contributed by atoms with Gasteiger partial charge < -0.3 is 11.1 Å². The number of rotatable bonds is 4. The summed E-state index contributed by atoms with van der Waals surface area (Å²) in [4.78, 5) is 11.1. The molecular weight excluding hydrogens is 212 g/mol. The summed E-state index contributed by atoms with van der Waals surface area (Å²) >= 11 is 0. The van der Waals surface area contributed by atoms with Crippen LogP contribution in [0.4, 0.5) is 0 Å². The van der Waals surface area contributed by atoms with Gasteiger partial charge in [0.1, 0.15) is 0 Å². The van der Waals surface area contributed by atoms with Crippen molar-refractivity contribution in [2.45, 2.75) is 12.5 Å². The van der Waals surface area contributed by atoms with E-state index >= 15 is 0 Å². The molecule has 88 valence electrons. The van der Waals surface area contributed by atoms with Crippen molar-refractivity contribution < 1.29 is 4.79 Å². The second kappa shape index (κ2) is 4.97. The summed E-state index contributed by atoms with van der Waals surface area (Å²) in [7, 11) is 1.84. The first-order valence-electron chi connectivity index (χ1n) is 5.65. The molecule has 1 amide bonds. The van der Waals surface area contributed by atoms with Crippen molar-refractivity contribution in [1.82, 2.24) is 5.32 Å². The summed E-state index contributed by atoms with van der Waals surface area (Å²) in [5, 5.41) is 5.48. The molecule has 0 fully saturated rings. The largest absolute Gasteiger partial charge is 0.370 e. The molecule has 0 bridgehead atoms. The number of benzene rings is 2. The number of amides is 1. The summed E-state index contributed by atoms with van der Waals surface area (Å²) in [6.07, 6.45) is 0.310. The van der Waals surface area contributed by atoms with E-state index in [9.17, 15) is 4.79 Å². The molecule has 2 aromatic rings. The van der Waals surface area contributed by atoms with E-state index in [0.717, 1.165) is 10.9 Å². The monoisotopic (exact) mass is 228 g/mol. The second-order valence-electron chi connectivity index (χ2n) is 4.08. The molecule has 1 unspecified atom stereocenters. The zero-order valence-electron chi connectivity index (χ0n) is 9.81. The molecule has 0 aliphatic heterocycles. The number of carbonyl (C=O) groups is 1. The van der Waals surface area contributed by atoms with Gasteiger partial charge in [-0.15, -0.1) is 0 Å². The van der Waals surface area contributed by atoms with Crippen LogP contribution in [0.3, 0.4) is 0 Å². The molecule has 0 aromatic heterocycles. The summed E-state index contributed by atoms with van der Waals surface area (Å²) in [5.74, 6) is -0.294. The molecule has 3 heteroatoms. The molecule has 2 rings (SSSR count). The number of carbonyl (C=O) groups excluding carboxylic acids is 1. The Morgan fingerprint density at radius 1 is 1.24 bits per heavy atom. The summed E-state index contributed by atoms with van der Waals surface area (Å²) < 4.78 is 0. The lowest BCUT2D eigenvalue weighted by molar-refractivity contribution is -0.118. The van der Waals surface area contributed by atoms with Crippen LogP contribution in [-0.2, 0) is 4.79 Å². The SMILES string of the molecule is CNC(CC(N)=O)c1cccc2ccccc12. The third-order valence-electron chi connectivity index (χ3n) is 2.95. The highest BCUT2D eigenvalue weighted by Crippen LogP contribution is 2.25. The number of hydrogen-bond acceptors (Lipinski definition) is 2. The maximum atomic E-state index is 11.1. The van der Waals surface area contributed by atoms with Crippen molar-refractivity contribution in [3.05, 3.63) is 48.0 Å². The van der Waals surface area contributed by atoms with Crippen molar-refractivity contribution in [2.24, 2.45) is 5.73 Å². The number of primary amides is 1. The van der Waals surface area contributed by atoms with Gasteiger partial charge in [0.25, 0.3) is 0 Å². The van der Waals surface area contributed by atoms with Gasteiger partial charge in [-0.25, -0.2) is 0 Å². The highest BCUT2D eigenvalue weighted by Gasteiger charge is 2.14. The van der Waals surface area contributed by atoms with Gasteiger partial charge in [0.15, 0.2) is 0 Å². The normalized spacial score (nSPS) is 12.5. The zero-order valence-corrected chi connectivity index (χ0v) is 9.81. The lowest BCUT2D eigenvalue weighted by atomic mass is 9.97. The highest BCUT2D eigenvalue weighted by molar-refractivity contribution is 5.86. The third-order valence-corrected chi connectivity index (χ3v) is 2.95. The lowest BCUT2D eigenvalue weighted by Crippen LogP contribution is -2.23. The first-order chi connectivity index (χ1) is 8.22. The molecule has 0 radical (unpaired) electrons. The van der Waals surface area contributed by atoms with E-state index < -0.39 is 0 Å². The van der Waals surface area contributed by atoms with Crippen LogP contribution in [0.15, 0.2) is 42.5 Å². The number of nitrogens with one attached hydrogen (secondary N) is 1. The van der Waals surface area contributed by atoms with Crippen LogP contribution in [0, 0.1) is 0 Å². The van der Waals surface area contributed by atoms with Crippen LogP contribution < -0.4 is 11.1 Å². The zero-order chi connectivity index (χ0) is 12.3. The van der Waals surface area contributed by atoms with E-state index in [0.29, 0.717) is 6.42 Å². The maximum Gasteiger partial charge on any atom is 0.219 e. The first-order valence-corrected chi connectivity index (χ1v) is 5.65. The van der Waals surface area contributed by atoms with Crippen molar-refractivity contribution in [3.63, 3.8) is 0 Å². The van der Waals surface area contributed by atoms with Crippen LogP contribution in [0.5, 0.6) is 0 Å². The molecule has 0 spiro atoms. The molecule has 2 aromatic carbocycles. The second-order valence-corrected chi connectivity index (χ2v) is 4.08. The molecule has 0 saturated carbocycles. The Labute approximate surface area is 101 Å². The average Bonchev–Trinajstić information content (AvgIpc) is 2.35. The molecule has 0 aliphatic carbocycles. The Morgan fingerprint density at radius 2 is 1.94 bits per heavy atom. The van der Waals surface area contributed by atoms with Gasteiger partial charge in [-0.2, -0.15) is 0 Å². The number of hydrogen-bond donors (Lipinski definition) is 2. The summed E-state index contributed by atoms with van der Waals surface area (Å²) in [6.45, 7) is 0. The van der Waals surface area contributed by atoms with Gasteiger partial charge in [-0.05, 0) is 23.4 Å². The van der Waals surface area contributed by atoms with Crippen LogP contribution >= 0.6 is 0 Å². The van der Waals surface area contributed by atoms with Gasteiger partial charge in [0, 0.05) is 12.5 Å². The van der Waals surface area contributed by atoms with Gasteiger partial charge in [-0.3, -0.25) is 4.79 Å². The van der Waals surface area contributed by atoms with Crippen molar-refractivity contribution >= 4 is 16.7 Å². The van der Waals surface area contributed by atoms with E-state index in [1.54, 1.807) is 0 Å². The summed E-state index contributed by atoms with van der Waals surface area (Å²) in [6, 6.07) is 14.2. The van der Waals surface area contributed by atoms with E-state index in [1.807, 2.05) is 31.3 Å². The Balaban J connectivity index is 2.49. The van der Waals surface area contributed by atoms with Crippen LogP contribution in [0.1, 0.15) is 18.0 Å². The molecular formula is C14H16N2O. The van der Waals surface area contributed by atoms with Crippen molar-refractivity contribution in [3.8, 4) is 0 Å². The third kappa shape index (κ3) is 2.45. The maximum absolute atomic E-state index is 11.1. The van der Waals surface area contributed by atoms with Gasteiger partial charge in [-0.1, -0.05) is 42.5 Å². The quantitative estimate of drug-likeness (QED) is 0.840. The van der Waals surface area contributed by atoms with Crippen molar-refractivity contribution in [1.29, 1.82) is 0 Å². The first kappa shape index (κ1) is 11.6. The van der Waals surface area contributed by atoms with E-state index in [4.69, 9.17) is 5.73 Å². The fourth-order valence-electron chi connectivity index (χ4n) is 2.12. The fourth-order valence-corrected chi connectivity index (χ4v) is 2.12. The van der Waals surface area contributed by atoms with E-state index in [-0.39, 0.29) is 11.9 Å². The molecule has 0 heterocycles. The van der Waals surface area contributed by atoms with Gasteiger partial charge in [0.2, 0.25) is 5.91 Å². The number of nitrogens with two attached hydrogens (primary N) is 1. The van der Waals surface area contributed by atoms with Crippen LogP contribution in [-0.4, -0.2) is 13.0 Å². The number of fused-ring (bicyclic) bond motifs is 1. The highest BCUT2D eigenvalue weighted by atomic mass is 16.1. The Kier molecular flexibility index (Phi) is 3.40. The predicted molar refractivity (Wildman–Crippen MR) is 69.6 cm³/mol. The Morgan fingerprint density at radius 3 is 2.65 bits per heavy atom. The molecule has 0 aliphatic rings. The van der Waals surface area contributed by atoms with Crippen molar-refractivity contribution in [2.75, 3.05) is 7.05 Å². The molecule has 3 nitrogen and oxygen atoms in total. The predicted octanol–water partition coefficient (Wildman–Crippen LogP) is 1.98. The molecule has 17 heavy (non-hydrogen) atoms. The molecule has 3 N–H and O–H groups in total. The van der Waals surface area contributed by atoms with Crippen LogP contribution in [0.2, 0.25) is 0 Å². The topological polar surface area (TPSA) is 55.1 Å². The fraction of sp³-hybridized carbons (Fsp3) is 0.214. The standard InChI is InChI=1S/C14H16N2O/c1-16-13(9-14(15)17)12-8-4-6-10-5-2-3-7-11(10)12/h2-8,13,16H,9H2,1H3,(H2,15,17). The van der Waals surface area contributed by atoms with Gasteiger partial charge >= 0.3 is 0 Å². The minimum atomic E-state index is -0.294. The minimum Gasteiger partial charge on any atom is -0.370 e. The van der Waals surface area contributed by atoms with Gasteiger partial charge in [0.05, 0.1) is 0 Å². The minimum absolute atomic E-state index is 0.0291.